The van der Waals surface area contributed by atoms with E-state index in [2.05, 4.69) is 24.3 Å². The smallest absolute Gasteiger partial charge is 0.222 e. The number of hydrogen-bond acceptors (Lipinski definition) is 1. The lowest BCUT2D eigenvalue weighted by atomic mass is 10.1. The first-order valence-corrected chi connectivity index (χ1v) is 5.16. The van der Waals surface area contributed by atoms with Crippen molar-refractivity contribution in [1.29, 1.82) is 0 Å². The Morgan fingerprint density at radius 2 is 1.73 bits per heavy atom. The molecule has 0 saturated heterocycles. The van der Waals surface area contributed by atoms with Gasteiger partial charge in [-0.3, -0.25) is 4.48 Å². The van der Waals surface area contributed by atoms with Crippen LogP contribution in [0.15, 0.2) is 36.4 Å². The average Bonchev–Trinajstić information content (AvgIpc) is 2.43. The van der Waals surface area contributed by atoms with Gasteiger partial charge in [-0.2, -0.15) is 0 Å². The number of hydrogen-bond donors (Lipinski definition) is 1. The van der Waals surface area contributed by atoms with Crippen LogP contribution in [0.3, 0.4) is 0 Å². The van der Waals surface area contributed by atoms with E-state index in [4.69, 9.17) is 0 Å². The third-order valence-corrected chi connectivity index (χ3v) is 3.43. The van der Waals surface area contributed by atoms with Crippen molar-refractivity contribution in [1.82, 2.24) is 4.48 Å². The molecular formula is C13H14NO+. The van der Waals surface area contributed by atoms with Crippen molar-refractivity contribution in [3.05, 3.63) is 42.0 Å². The predicted molar refractivity (Wildman–Crippen MR) is 62.5 cm³/mol. The highest BCUT2D eigenvalue weighted by Gasteiger charge is 2.40. The Labute approximate surface area is 89.0 Å². The summed E-state index contributed by atoms with van der Waals surface area (Å²) in [5.74, 6) is 0. The van der Waals surface area contributed by atoms with Gasteiger partial charge in [0.1, 0.15) is 5.69 Å². The standard InChI is InChI=1S/C13H14NO/c1-14(2)11-8-4-6-9-5-3-7-10(12(9)11)13(14)15/h3-8,13,15H,1-2H3/q+1/t13-/m1/s1. The summed E-state index contributed by atoms with van der Waals surface area (Å²) in [6.07, 6.45) is -0.439. The molecule has 3 rings (SSSR count). The fourth-order valence-corrected chi connectivity index (χ4v) is 2.52. The summed E-state index contributed by atoms with van der Waals surface area (Å²) in [5, 5.41) is 12.7. The zero-order chi connectivity index (χ0) is 10.6. The maximum atomic E-state index is 10.3. The second-order valence-electron chi connectivity index (χ2n) is 4.64. The Morgan fingerprint density at radius 3 is 2.47 bits per heavy atom. The van der Waals surface area contributed by atoms with Gasteiger partial charge in [-0.1, -0.05) is 24.3 Å². The van der Waals surface area contributed by atoms with Crippen molar-refractivity contribution in [2.45, 2.75) is 6.23 Å². The van der Waals surface area contributed by atoms with E-state index >= 15 is 0 Å². The summed E-state index contributed by atoms with van der Waals surface area (Å²) in [6, 6.07) is 12.4. The fourth-order valence-electron chi connectivity index (χ4n) is 2.52. The zero-order valence-corrected chi connectivity index (χ0v) is 8.94. The first-order valence-electron chi connectivity index (χ1n) is 5.16. The maximum Gasteiger partial charge on any atom is 0.222 e. The lowest BCUT2D eigenvalue weighted by Crippen LogP contribution is -2.40. The van der Waals surface area contributed by atoms with E-state index in [0.29, 0.717) is 4.48 Å². The lowest BCUT2D eigenvalue weighted by molar-refractivity contribution is 0.0522. The minimum atomic E-state index is -0.439. The van der Waals surface area contributed by atoms with Crippen LogP contribution in [0.2, 0.25) is 0 Å². The summed E-state index contributed by atoms with van der Waals surface area (Å²) in [6.45, 7) is 0. The lowest BCUT2D eigenvalue weighted by Gasteiger charge is -2.28. The van der Waals surface area contributed by atoms with E-state index in [1.807, 2.05) is 26.2 Å². The highest BCUT2D eigenvalue weighted by Crippen LogP contribution is 2.45. The van der Waals surface area contributed by atoms with Crippen molar-refractivity contribution in [3.8, 4) is 0 Å². The van der Waals surface area contributed by atoms with Crippen LogP contribution in [0.4, 0.5) is 5.69 Å². The average molecular weight is 200 g/mol. The van der Waals surface area contributed by atoms with Gasteiger partial charge < -0.3 is 5.11 Å². The molecule has 1 aliphatic heterocycles. The van der Waals surface area contributed by atoms with Gasteiger partial charge in [0.25, 0.3) is 0 Å². The van der Waals surface area contributed by atoms with Gasteiger partial charge in [-0.25, -0.2) is 0 Å². The normalized spacial score (nSPS) is 22.2. The van der Waals surface area contributed by atoms with E-state index < -0.39 is 6.23 Å². The van der Waals surface area contributed by atoms with Gasteiger partial charge >= 0.3 is 0 Å². The molecule has 0 fully saturated rings. The molecule has 0 spiro atoms. The highest BCUT2D eigenvalue weighted by atomic mass is 16.3. The second-order valence-corrected chi connectivity index (χ2v) is 4.64. The largest absolute Gasteiger partial charge is 0.341 e. The minimum Gasteiger partial charge on any atom is -0.341 e. The van der Waals surface area contributed by atoms with Gasteiger partial charge in [-0.05, 0) is 17.5 Å². The van der Waals surface area contributed by atoms with Gasteiger partial charge in [0, 0.05) is 0 Å². The molecule has 1 N–H and O–H groups in total. The Hall–Kier alpha value is -1.38. The molecule has 76 valence electrons. The highest BCUT2D eigenvalue weighted by molar-refractivity contribution is 5.98. The number of aliphatic hydroxyl groups is 1. The molecule has 0 radical (unpaired) electrons. The molecular weight excluding hydrogens is 186 g/mol. The number of quaternary nitrogens is 1. The summed E-state index contributed by atoms with van der Waals surface area (Å²) < 4.78 is 0.524. The number of aliphatic hydroxyl groups excluding tert-OH is 1. The van der Waals surface area contributed by atoms with Crippen LogP contribution in [-0.4, -0.2) is 19.2 Å². The van der Waals surface area contributed by atoms with E-state index in [1.54, 1.807) is 0 Å². The molecule has 2 heteroatoms. The topological polar surface area (TPSA) is 20.2 Å². The quantitative estimate of drug-likeness (QED) is 0.647. The van der Waals surface area contributed by atoms with Crippen molar-refractivity contribution in [2.24, 2.45) is 0 Å². The van der Waals surface area contributed by atoms with Gasteiger partial charge in [0.2, 0.25) is 6.23 Å². The Bertz CT molecular complexity index is 540. The summed E-state index contributed by atoms with van der Waals surface area (Å²) >= 11 is 0. The number of rotatable bonds is 0. The summed E-state index contributed by atoms with van der Waals surface area (Å²) in [5.41, 5.74) is 2.25. The first kappa shape index (κ1) is 8.89. The summed E-state index contributed by atoms with van der Waals surface area (Å²) in [4.78, 5) is 0. The molecule has 0 aliphatic carbocycles. The molecule has 0 saturated carbocycles. The van der Waals surface area contributed by atoms with Gasteiger partial charge in [0.05, 0.1) is 25.0 Å². The molecule has 1 heterocycles. The SMILES string of the molecule is C[N+]1(C)c2cccc3cccc(c23)[C@H]1O. The van der Waals surface area contributed by atoms with Gasteiger partial charge in [0.15, 0.2) is 0 Å². The third kappa shape index (κ3) is 0.954. The molecule has 0 bridgehead atoms. The monoisotopic (exact) mass is 200 g/mol. The van der Waals surface area contributed by atoms with E-state index in [-0.39, 0.29) is 0 Å². The second kappa shape index (κ2) is 2.60. The third-order valence-electron chi connectivity index (χ3n) is 3.43. The van der Waals surface area contributed by atoms with Crippen LogP contribution in [0.25, 0.3) is 10.8 Å². The molecule has 2 aromatic rings. The number of benzene rings is 2. The van der Waals surface area contributed by atoms with Crippen LogP contribution in [0.1, 0.15) is 11.8 Å². The summed E-state index contributed by atoms with van der Waals surface area (Å²) in [7, 11) is 4.08. The Kier molecular flexibility index (Phi) is 1.54. The van der Waals surface area contributed by atoms with Crippen LogP contribution in [0.5, 0.6) is 0 Å². The fraction of sp³-hybridized carbons (Fsp3) is 0.231. The zero-order valence-electron chi connectivity index (χ0n) is 8.94. The molecule has 15 heavy (non-hydrogen) atoms. The van der Waals surface area contributed by atoms with Crippen molar-refractivity contribution < 1.29 is 5.11 Å². The van der Waals surface area contributed by atoms with Crippen LogP contribution >= 0.6 is 0 Å². The van der Waals surface area contributed by atoms with E-state index in [9.17, 15) is 5.11 Å². The van der Waals surface area contributed by atoms with Crippen molar-refractivity contribution in [2.75, 3.05) is 14.1 Å². The molecule has 0 unspecified atom stereocenters. The molecule has 2 nitrogen and oxygen atoms in total. The molecule has 1 aliphatic rings. The predicted octanol–water partition coefficient (Wildman–Crippen LogP) is 2.41. The van der Waals surface area contributed by atoms with Crippen molar-refractivity contribution in [3.63, 3.8) is 0 Å². The van der Waals surface area contributed by atoms with Crippen LogP contribution in [-0.2, 0) is 0 Å². The van der Waals surface area contributed by atoms with E-state index in [1.165, 1.54) is 16.5 Å². The Balaban J connectivity index is 2.51. The molecule has 0 aromatic heterocycles. The van der Waals surface area contributed by atoms with Crippen molar-refractivity contribution >= 4 is 16.5 Å². The molecule has 2 aromatic carbocycles. The van der Waals surface area contributed by atoms with Gasteiger partial charge in [-0.15, -0.1) is 0 Å². The maximum absolute atomic E-state index is 10.3. The first-order chi connectivity index (χ1) is 7.12. The van der Waals surface area contributed by atoms with E-state index in [0.717, 1.165) is 5.56 Å². The molecule has 1 atom stereocenters. The number of nitrogens with zero attached hydrogens (tertiary/aromatic N) is 1. The minimum absolute atomic E-state index is 0.439. The molecule has 0 amide bonds. The van der Waals surface area contributed by atoms with Crippen LogP contribution < -0.4 is 4.48 Å². The Morgan fingerprint density at radius 1 is 1.07 bits per heavy atom. The van der Waals surface area contributed by atoms with Crippen LogP contribution in [0, 0.1) is 0 Å².